The topological polar surface area (TPSA) is 74.8 Å². The van der Waals surface area contributed by atoms with E-state index in [9.17, 15) is 4.79 Å². The first-order chi connectivity index (χ1) is 13.7. The van der Waals surface area contributed by atoms with Crippen molar-refractivity contribution in [3.05, 3.63) is 64.7 Å². The summed E-state index contributed by atoms with van der Waals surface area (Å²) in [5, 5.41) is 9.70. The summed E-state index contributed by atoms with van der Waals surface area (Å²) < 4.78 is 5.64. The molecule has 150 valence electrons. The lowest BCUT2D eigenvalue weighted by Crippen LogP contribution is -2.41. The smallest absolute Gasteiger partial charge is 0.252 e. The van der Waals surface area contributed by atoms with Crippen molar-refractivity contribution in [3.63, 3.8) is 0 Å². The molecule has 6 nitrogen and oxygen atoms in total. The number of hydrogen-bond donors (Lipinski definition) is 3. The lowest BCUT2D eigenvalue weighted by Gasteiger charge is -2.13. The Morgan fingerprint density at radius 1 is 1.00 bits per heavy atom. The molecule has 2 rings (SSSR count). The maximum Gasteiger partial charge on any atom is 0.252 e. The van der Waals surface area contributed by atoms with Crippen LogP contribution in [0.4, 0.5) is 0 Å². The minimum Gasteiger partial charge on any atom is -0.494 e. The van der Waals surface area contributed by atoms with Crippen LogP contribution in [0.15, 0.2) is 53.5 Å². The Balaban J connectivity index is 1.86. The average molecular weight is 403 g/mol. The van der Waals surface area contributed by atoms with Crippen LogP contribution in [0.5, 0.6) is 5.75 Å². The maximum atomic E-state index is 12.2. The van der Waals surface area contributed by atoms with E-state index in [1.807, 2.05) is 38.1 Å². The van der Waals surface area contributed by atoms with Gasteiger partial charge < -0.3 is 20.7 Å². The Labute approximate surface area is 171 Å². The van der Waals surface area contributed by atoms with Crippen LogP contribution in [0.3, 0.4) is 0 Å². The Morgan fingerprint density at radius 3 is 2.46 bits per heavy atom. The van der Waals surface area contributed by atoms with Gasteiger partial charge in [0, 0.05) is 25.2 Å². The minimum atomic E-state index is -0.194. The van der Waals surface area contributed by atoms with Gasteiger partial charge in [-0.2, -0.15) is 0 Å². The molecule has 0 radical (unpaired) electrons. The number of aliphatic imine (C=N–C) groups is 1. The monoisotopic (exact) mass is 402 g/mol. The van der Waals surface area contributed by atoms with Crippen LogP contribution in [-0.2, 0) is 6.54 Å². The third kappa shape index (κ3) is 6.78. The fourth-order valence-corrected chi connectivity index (χ4v) is 2.76. The van der Waals surface area contributed by atoms with E-state index in [0.29, 0.717) is 42.8 Å². The standard InChI is InChI=1S/C21H27ClN4O2/c1-3-23-21(26-15-16-9-5-8-12-19(16)28-4-2)25-14-13-24-20(27)17-10-6-7-11-18(17)22/h5-12H,3-4,13-15H2,1-2H3,(H,24,27)(H2,23,25,26). The highest BCUT2D eigenvalue weighted by molar-refractivity contribution is 6.33. The largest absolute Gasteiger partial charge is 0.494 e. The molecule has 2 aromatic carbocycles. The summed E-state index contributed by atoms with van der Waals surface area (Å²) in [6.45, 7) is 6.80. The molecule has 0 bridgehead atoms. The molecular formula is C21H27ClN4O2. The van der Waals surface area contributed by atoms with Gasteiger partial charge in [0.2, 0.25) is 0 Å². The molecule has 0 heterocycles. The lowest BCUT2D eigenvalue weighted by atomic mass is 10.2. The molecule has 0 aliphatic heterocycles. The predicted octanol–water partition coefficient (Wildman–Crippen LogP) is 3.22. The van der Waals surface area contributed by atoms with Crippen LogP contribution >= 0.6 is 11.6 Å². The van der Waals surface area contributed by atoms with Crippen molar-refractivity contribution in [1.29, 1.82) is 0 Å². The van der Waals surface area contributed by atoms with Crippen LogP contribution < -0.4 is 20.7 Å². The van der Waals surface area contributed by atoms with Gasteiger partial charge in [-0.3, -0.25) is 4.79 Å². The van der Waals surface area contributed by atoms with E-state index in [0.717, 1.165) is 17.9 Å². The van der Waals surface area contributed by atoms with E-state index >= 15 is 0 Å². The van der Waals surface area contributed by atoms with Crippen molar-refractivity contribution in [2.45, 2.75) is 20.4 Å². The number of guanidine groups is 1. The molecule has 0 atom stereocenters. The molecule has 0 spiro atoms. The molecule has 1 amide bonds. The normalized spacial score (nSPS) is 11.0. The quantitative estimate of drug-likeness (QED) is 0.342. The van der Waals surface area contributed by atoms with Gasteiger partial charge in [-0.25, -0.2) is 4.99 Å². The molecule has 2 aromatic rings. The second-order valence-electron chi connectivity index (χ2n) is 5.90. The van der Waals surface area contributed by atoms with Crippen LogP contribution in [-0.4, -0.2) is 38.1 Å². The summed E-state index contributed by atoms with van der Waals surface area (Å²) in [6.07, 6.45) is 0. The van der Waals surface area contributed by atoms with Crippen LogP contribution in [0.2, 0.25) is 5.02 Å². The Hall–Kier alpha value is -2.73. The summed E-state index contributed by atoms with van der Waals surface area (Å²) in [5.74, 6) is 1.33. The summed E-state index contributed by atoms with van der Waals surface area (Å²) in [7, 11) is 0. The summed E-state index contributed by atoms with van der Waals surface area (Å²) >= 11 is 6.04. The SMILES string of the molecule is CCNC(=NCc1ccccc1OCC)NCCNC(=O)c1ccccc1Cl. The highest BCUT2D eigenvalue weighted by Gasteiger charge is 2.08. The van der Waals surface area contributed by atoms with Gasteiger partial charge in [0.05, 0.1) is 23.7 Å². The lowest BCUT2D eigenvalue weighted by molar-refractivity contribution is 0.0954. The first-order valence-electron chi connectivity index (χ1n) is 9.41. The average Bonchev–Trinajstić information content (AvgIpc) is 2.70. The van der Waals surface area contributed by atoms with E-state index in [1.54, 1.807) is 24.3 Å². The second kappa shape index (κ2) is 11.9. The zero-order chi connectivity index (χ0) is 20.2. The second-order valence-corrected chi connectivity index (χ2v) is 6.31. The van der Waals surface area contributed by atoms with E-state index in [1.165, 1.54) is 0 Å². The van der Waals surface area contributed by atoms with Crippen molar-refractivity contribution in [1.82, 2.24) is 16.0 Å². The number of carbonyl (C=O) groups is 1. The number of ether oxygens (including phenoxy) is 1. The molecule has 3 N–H and O–H groups in total. The third-order valence-corrected chi connectivity index (χ3v) is 4.18. The van der Waals surface area contributed by atoms with E-state index in [-0.39, 0.29) is 5.91 Å². The van der Waals surface area contributed by atoms with Gasteiger partial charge in [0.25, 0.3) is 5.91 Å². The van der Waals surface area contributed by atoms with E-state index in [4.69, 9.17) is 16.3 Å². The molecule has 0 saturated heterocycles. The number of amides is 1. The summed E-state index contributed by atoms with van der Waals surface area (Å²) in [4.78, 5) is 16.8. The minimum absolute atomic E-state index is 0.194. The van der Waals surface area contributed by atoms with Gasteiger partial charge in [-0.05, 0) is 32.0 Å². The fraction of sp³-hybridized carbons (Fsp3) is 0.333. The van der Waals surface area contributed by atoms with Crippen molar-refractivity contribution in [2.75, 3.05) is 26.2 Å². The van der Waals surface area contributed by atoms with Crippen LogP contribution in [0, 0.1) is 0 Å². The van der Waals surface area contributed by atoms with Crippen molar-refractivity contribution >= 4 is 23.5 Å². The fourth-order valence-electron chi connectivity index (χ4n) is 2.53. The maximum absolute atomic E-state index is 12.2. The molecule has 0 unspecified atom stereocenters. The molecule has 0 aliphatic carbocycles. The first kappa shape index (κ1) is 21.6. The predicted molar refractivity (Wildman–Crippen MR) is 114 cm³/mol. The van der Waals surface area contributed by atoms with Crippen molar-refractivity contribution < 1.29 is 9.53 Å². The molecule has 0 aromatic heterocycles. The van der Waals surface area contributed by atoms with Crippen molar-refractivity contribution in [2.24, 2.45) is 4.99 Å². The highest BCUT2D eigenvalue weighted by Crippen LogP contribution is 2.18. The number of para-hydroxylation sites is 1. The Kier molecular flexibility index (Phi) is 9.15. The zero-order valence-electron chi connectivity index (χ0n) is 16.3. The number of rotatable bonds is 9. The number of halogens is 1. The van der Waals surface area contributed by atoms with E-state index < -0.39 is 0 Å². The molecule has 28 heavy (non-hydrogen) atoms. The Morgan fingerprint density at radius 2 is 1.71 bits per heavy atom. The molecule has 0 saturated carbocycles. The van der Waals surface area contributed by atoms with Gasteiger partial charge in [0.1, 0.15) is 5.75 Å². The number of benzene rings is 2. The number of nitrogens with zero attached hydrogens (tertiary/aromatic N) is 1. The third-order valence-electron chi connectivity index (χ3n) is 3.85. The highest BCUT2D eigenvalue weighted by atomic mass is 35.5. The number of nitrogens with one attached hydrogen (secondary N) is 3. The van der Waals surface area contributed by atoms with E-state index in [2.05, 4.69) is 20.9 Å². The number of carbonyl (C=O) groups excluding carboxylic acids is 1. The van der Waals surface area contributed by atoms with Gasteiger partial charge in [-0.15, -0.1) is 0 Å². The first-order valence-corrected chi connectivity index (χ1v) is 9.79. The Bertz CT molecular complexity index is 795. The van der Waals surface area contributed by atoms with Gasteiger partial charge in [0.15, 0.2) is 5.96 Å². The summed E-state index contributed by atoms with van der Waals surface area (Å²) in [5.41, 5.74) is 1.49. The van der Waals surface area contributed by atoms with Gasteiger partial charge in [-0.1, -0.05) is 41.9 Å². The summed E-state index contributed by atoms with van der Waals surface area (Å²) in [6, 6.07) is 14.8. The number of hydrogen-bond acceptors (Lipinski definition) is 3. The molecular weight excluding hydrogens is 376 g/mol. The van der Waals surface area contributed by atoms with Crippen LogP contribution in [0.25, 0.3) is 0 Å². The molecule has 0 fully saturated rings. The van der Waals surface area contributed by atoms with Crippen LogP contribution in [0.1, 0.15) is 29.8 Å². The molecule has 0 aliphatic rings. The van der Waals surface area contributed by atoms with Gasteiger partial charge >= 0.3 is 0 Å². The van der Waals surface area contributed by atoms with Crippen molar-refractivity contribution in [3.8, 4) is 5.75 Å². The zero-order valence-corrected chi connectivity index (χ0v) is 17.1. The molecule has 7 heteroatoms.